The molecule has 2 aromatic rings. The topological polar surface area (TPSA) is 32.3 Å². The number of rotatable bonds is 6. The van der Waals surface area contributed by atoms with Gasteiger partial charge < -0.3 is 10.4 Å². The SMILES string of the molecule is CC(O)(CNCCc1cc(F)cc(F)c1)c1cccc(C(F)(F)F)c1. The van der Waals surface area contributed by atoms with Crippen molar-refractivity contribution in [2.45, 2.75) is 25.1 Å². The predicted octanol–water partition coefficient (Wildman–Crippen LogP) is 4.02. The van der Waals surface area contributed by atoms with Crippen LogP contribution < -0.4 is 5.32 Å². The van der Waals surface area contributed by atoms with E-state index in [9.17, 15) is 27.1 Å². The van der Waals surface area contributed by atoms with Crippen LogP contribution in [0.3, 0.4) is 0 Å². The minimum absolute atomic E-state index is 0.00783. The van der Waals surface area contributed by atoms with Crippen LogP contribution in [0.2, 0.25) is 0 Å². The number of hydrogen-bond acceptors (Lipinski definition) is 2. The molecule has 2 rings (SSSR count). The first-order valence-electron chi connectivity index (χ1n) is 7.64. The average Bonchev–Trinajstić information content (AvgIpc) is 2.50. The molecule has 0 aliphatic rings. The lowest BCUT2D eigenvalue weighted by Crippen LogP contribution is -2.36. The highest BCUT2D eigenvalue weighted by atomic mass is 19.4. The summed E-state index contributed by atoms with van der Waals surface area (Å²) in [6, 6.07) is 7.68. The van der Waals surface area contributed by atoms with Crippen LogP contribution in [0.4, 0.5) is 22.0 Å². The summed E-state index contributed by atoms with van der Waals surface area (Å²) in [7, 11) is 0. The van der Waals surface area contributed by atoms with Gasteiger partial charge in [0.1, 0.15) is 11.6 Å². The summed E-state index contributed by atoms with van der Waals surface area (Å²) in [5, 5.41) is 13.3. The van der Waals surface area contributed by atoms with Gasteiger partial charge in [-0.2, -0.15) is 13.2 Å². The molecule has 0 fully saturated rings. The van der Waals surface area contributed by atoms with E-state index in [1.165, 1.54) is 31.2 Å². The van der Waals surface area contributed by atoms with Crippen molar-refractivity contribution in [3.05, 3.63) is 70.8 Å². The van der Waals surface area contributed by atoms with Crippen LogP contribution in [0, 0.1) is 11.6 Å². The Hall–Kier alpha value is -1.99. The lowest BCUT2D eigenvalue weighted by molar-refractivity contribution is -0.137. The van der Waals surface area contributed by atoms with Crippen molar-refractivity contribution in [3.63, 3.8) is 0 Å². The van der Waals surface area contributed by atoms with E-state index in [-0.39, 0.29) is 12.1 Å². The number of hydrogen-bond donors (Lipinski definition) is 2. The number of nitrogens with one attached hydrogen (secondary N) is 1. The molecule has 0 bridgehead atoms. The molecule has 25 heavy (non-hydrogen) atoms. The van der Waals surface area contributed by atoms with Gasteiger partial charge in [0, 0.05) is 12.6 Å². The molecule has 2 aromatic carbocycles. The molecule has 2 N–H and O–H groups in total. The lowest BCUT2D eigenvalue weighted by atomic mass is 9.94. The largest absolute Gasteiger partial charge is 0.416 e. The van der Waals surface area contributed by atoms with E-state index in [4.69, 9.17) is 0 Å². The molecular formula is C18H18F5NO. The summed E-state index contributed by atoms with van der Waals surface area (Å²) in [6.07, 6.45) is -4.17. The van der Waals surface area contributed by atoms with Gasteiger partial charge in [0.2, 0.25) is 0 Å². The van der Waals surface area contributed by atoms with Crippen LogP contribution in [0.5, 0.6) is 0 Å². The first-order valence-corrected chi connectivity index (χ1v) is 7.64. The van der Waals surface area contributed by atoms with Crippen molar-refractivity contribution >= 4 is 0 Å². The smallest absolute Gasteiger partial charge is 0.384 e. The molecule has 0 saturated carbocycles. The Kier molecular flexibility index (Phi) is 5.80. The summed E-state index contributed by atoms with van der Waals surface area (Å²) in [5.74, 6) is -1.35. The van der Waals surface area contributed by atoms with E-state index in [0.717, 1.165) is 18.2 Å². The fourth-order valence-electron chi connectivity index (χ4n) is 2.45. The van der Waals surface area contributed by atoms with E-state index in [1.807, 2.05) is 0 Å². The number of aliphatic hydroxyl groups is 1. The third-order valence-electron chi connectivity index (χ3n) is 3.79. The zero-order valence-electron chi connectivity index (χ0n) is 13.5. The highest BCUT2D eigenvalue weighted by Gasteiger charge is 2.32. The Morgan fingerprint density at radius 2 is 1.56 bits per heavy atom. The Morgan fingerprint density at radius 3 is 2.16 bits per heavy atom. The van der Waals surface area contributed by atoms with Crippen molar-refractivity contribution in [1.29, 1.82) is 0 Å². The third-order valence-corrected chi connectivity index (χ3v) is 3.79. The lowest BCUT2D eigenvalue weighted by Gasteiger charge is -2.25. The van der Waals surface area contributed by atoms with Gasteiger partial charge in [-0.15, -0.1) is 0 Å². The highest BCUT2D eigenvalue weighted by Crippen LogP contribution is 2.31. The quantitative estimate of drug-likeness (QED) is 0.603. The van der Waals surface area contributed by atoms with Gasteiger partial charge in [0.15, 0.2) is 0 Å². The van der Waals surface area contributed by atoms with Crippen LogP contribution in [0.1, 0.15) is 23.6 Å². The molecule has 0 saturated heterocycles. The van der Waals surface area contributed by atoms with Gasteiger partial charge in [-0.05, 0) is 55.3 Å². The van der Waals surface area contributed by atoms with E-state index in [1.54, 1.807) is 0 Å². The van der Waals surface area contributed by atoms with E-state index in [2.05, 4.69) is 5.32 Å². The molecule has 2 nitrogen and oxygen atoms in total. The van der Waals surface area contributed by atoms with Gasteiger partial charge in [-0.25, -0.2) is 8.78 Å². The van der Waals surface area contributed by atoms with Gasteiger partial charge in [0.25, 0.3) is 0 Å². The molecule has 136 valence electrons. The van der Waals surface area contributed by atoms with Crippen LogP contribution in [-0.4, -0.2) is 18.2 Å². The molecule has 1 unspecified atom stereocenters. The summed E-state index contributed by atoms with van der Waals surface area (Å²) in [5.41, 5.74) is -1.77. The van der Waals surface area contributed by atoms with Crippen molar-refractivity contribution < 1.29 is 27.1 Å². The molecule has 0 heterocycles. The first-order chi connectivity index (χ1) is 11.6. The predicted molar refractivity (Wildman–Crippen MR) is 83.9 cm³/mol. The molecule has 1 atom stereocenters. The normalized spacial score (nSPS) is 14.4. The Balaban J connectivity index is 1.95. The maximum atomic E-state index is 13.1. The van der Waals surface area contributed by atoms with Crippen molar-refractivity contribution in [2.75, 3.05) is 13.1 Å². The second-order valence-electron chi connectivity index (χ2n) is 6.06. The highest BCUT2D eigenvalue weighted by molar-refractivity contribution is 5.29. The fourth-order valence-corrected chi connectivity index (χ4v) is 2.45. The summed E-state index contributed by atoms with van der Waals surface area (Å²) in [6.45, 7) is 1.70. The summed E-state index contributed by atoms with van der Waals surface area (Å²) >= 11 is 0. The molecule has 0 spiro atoms. The summed E-state index contributed by atoms with van der Waals surface area (Å²) < 4.78 is 64.5. The van der Waals surface area contributed by atoms with Gasteiger partial charge in [0.05, 0.1) is 11.2 Å². The molecule has 0 aromatic heterocycles. The average molecular weight is 359 g/mol. The minimum Gasteiger partial charge on any atom is -0.384 e. The maximum absolute atomic E-state index is 13.1. The minimum atomic E-state index is -4.49. The van der Waals surface area contributed by atoms with E-state index >= 15 is 0 Å². The standard InChI is InChI=1S/C18H18F5NO/c1-17(25,13-3-2-4-14(9-13)18(21,22)23)11-24-6-5-12-7-15(19)10-16(20)8-12/h2-4,7-10,24-25H,5-6,11H2,1H3. The molecule has 7 heteroatoms. The Labute approximate surface area is 142 Å². The van der Waals surface area contributed by atoms with Crippen molar-refractivity contribution in [2.24, 2.45) is 0 Å². The van der Waals surface area contributed by atoms with Gasteiger partial charge in [-0.1, -0.05) is 12.1 Å². The third kappa shape index (κ3) is 5.51. The first kappa shape index (κ1) is 19.3. The van der Waals surface area contributed by atoms with E-state index < -0.39 is 29.0 Å². The fraction of sp³-hybridized carbons (Fsp3) is 0.333. The van der Waals surface area contributed by atoms with E-state index in [0.29, 0.717) is 18.5 Å². The zero-order chi connectivity index (χ0) is 18.7. The van der Waals surface area contributed by atoms with Crippen LogP contribution in [-0.2, 0) is 18.2 Å². The Morgan fingerprint density at radius 1 is 0.960 bits per heavy atom. The molecule has 0 aliphatic carbocycles. The number of alkyl halides is 3. The summed E-state index contributed by atoms with van der Waals surface area (Å²) in [4.78, 5) is 0. The molecule has 0 radical (unpaired) electrons. The number of halogens is 5. The molecule has 0 amide bonds. The van der Waals surface area contributed by atoms with Crippen molar-refractivity contribution in [3.8, 4) is 0 Å². The van der Waals surface area contributed by atoms with Crippen molar-refractivity contribution in [1.82, 2.24) is 5.32 Å². The molecular weight excluding hydrogens is 341 g/mol. The van der Waals surface area contributed by atoms with Gasteiger partial charge >= 0.3 is 6.18 Å². The van der Waals surface area contributed by atoms with Crippen LogP contribution in [0.25, 0.3) is 0 Å². The maximum Gasteiger partial charge on any atom is 0.416 e. The zero-order valence-corrected chi connectivity index (χ0v) is 13.5. The van der Waals surface area contributed by atoms with Gasteiger partial charge in [-0.3, -0.25) is 0 Å². The van der Waals surface area contributed by atoms with Crippen LogP contribution in [0.15, 0.2) is 42.5 Å². The monoisotopic (exact) mass is 359 g/mol. The second-order valence-corrected chi connectivity index (χ2v) is 6.06. The Bertz CT molecular complexity index is 707. The van der Waals surface area contributed by atoms with Crippen LogP contribution >= 0.6 is 0 Å². The molecule has 0 aliphatic heterocycles. The second kappa shape index (κ2) is 7.49. The number of benzene rings is 2.